The van der Waals surface area contributed by atoms with Crippen LogP contribution in [-0.4, -0.2) is 28.5 Å². The highest BCUT2D eigenvalue weighted by Crippen LogP contribution is 2.12. The van der Waals surface area contributed by atoms with Crippen molar-refractivity contribution in [3.05, 3.63) is 58.2 Å². The zero-order valence-electron chi connectivity index (χ0n) is 13.7. The largest absolute Gasteiger partial charge is 0.353 e. The predicted molar refractivity (Wildman–Crippen MR) is 92.7 cm³/mol. The van der Waals surface area contributed by atoms with Crippen molar-refractivity contribution in [3.8, 4) is 0 Å². The van der Waals surface area contributed by atoms with E-state index in [1.807, 2.05) is 0 Å². The smallest absolute Gasteiger partial charge is 0.269 e. The van der Waals surface area contributed by atoms with Gasteiger partial charge in [0.2, 0.25) is 11.8 Å². The van der Waals surface area contributed by atoms with Gasteiger partial charge >= 0.3 is 0 Å². The van der Waals surface area contributed by atoms with Gasteiger partial charge in [-0.1, -0.05) is 24.6 Å². The van der Waals surface area contributed by atoms with Crippen LogP contribution < -0.4 is 10.8 Å². The van der Waals surface area contributed by atoms with Crippen LogP contribution in [0.5, 0.6) is 0 Å². The molecule has 0 saturated carbocycles. The minimum atomic E-state index is -0.459. The van der Waals surface area contributed by atoms with Gasteiger partial charge in [0.25, 0.3) is 5.69 Å². The molecule has 8 nitrogen and oxygen atoms in total. The summed E-state index contributed by atoms with van der Waals surface area (Å²) in [6.07, 6.45) is 8.82. The predicted octanol–water partition coefficient (Wildman–Crippen LogP) is 2.35. The lowest BCUT2D eigenvalue weighted by Gasteiger charge is -2.02. The number of nitrogens with zero attached hydrogens (tertiary/aromatic N) is 1. The Bertz CT molecular complexity index is 638. The first-order valence-electron chi connectivity index (χ1n) is 7.83. The summed E-state index contributed by atoms with van der Waals surface area (Å²) in [5.74, 6) is -0.631. The van der Waals surface area contributed by atoms with E-state index >= 15 is 0 Å². The van der Waals surface area contributed by atoms with Gasteiger partial charge in [0.1, 0.15) is 0 Å². The van der Waals surface area contributed by atoms with E-state index < -0.39 is 10.8 Å². The summed E-state index contributed by atoms with van der Waals surface area (Å²) in [7, 11) is 0. The molecule has 8 heteroatoms. The fraction of sp³-hybridized carbons (Fsp3) is 0.294. The second-order valence-corrected chi connectivity index (χ2v) is 5.20. The average molecular weight is 347 g/mol. The van der Waals surface area contributed by atoms with E-state index in [0.717, 1.165) is 18.4 Å². The molecule has 0 spiro atoms. The van der Waals surface area contributed by atoms with Gasteiger partial charge in [0, 0.05) is 31.2 Å². The van der Waals surface area contributed by atoms with Crippen molar-refractivity contribution in [2.24, 2.45) is 0 Å². The molecule has 0 fully saturated rings. The topological polar surface area (TPSA) is 122 Å². The molecule has 2 amide bonds. The van der Waals surface area contributed by atoms with Crippen molar-refractivity contribution in [1.82, 2.24) is 10.8 Å². The second-order valence-electron chi connectivity index (χ2n) is 5.20. The number of nitro benzene ring substituents is 1. The number of allylic oxidation sites excluding steroid dienone is 2. The highest BCUT2D eigenvalue weighted by atomic mass is 16.6. The molecule has 0 aliphatic rings. The summed E-state index contributed by atoms with van der Waals surface area (Å²) in [4.78, 5) is 32.4. The third-order valence-corrected chi connectivity index (χ3v) is 3.26. The van der Waals surface area contributed by atoms with Gasteiger partial charge in [0.15, 0.2) is 0 Å². The number of benzene rings is 1. The van der Waals surface area contributed by atoms with Gasteiger partial charge in [-0.2, -0.15) is 0 Å². The van der Waals surface area contributed by atoms with E-state index in [1.165, 1.54) is 18.2 Å². The molecule has 0 aliphatic carbocycles. The van der Waals surface area contributed by atoms with Crippen LogP contribution in [0.15, 0.2) is 42.5 Å². The van der Waals surface area contributed by atoms with E-state index in [9.17, 15) is 19.7 Å². The number of carbonyl (C=O) groups excluding carboxylic acids is 2. The van der Waals surface area contributed by atoms with E-state index in [0.29, 0.717) is 13.0 Å². The molecule has 0 saturated heterocycles. The molecule has 0 radical (unpaired) electrons. The number of hydrogen-bond acceptors (Lipinski definition) is 5. The average Bonchev–Trinajstić information content (AvgIpc) is 2.61. The summed E-state index contributed by atoms with van der Waals surface area (Å²) in [6, 6.07) is 6.08. The van der Waals surface area contributed by atoms with Gasteiger partial charge < -0.3 is 5.32 Å². The Labute approximate surface area is 145 Å². The van der Waals surface area contributed by atoms with Crippen LogP contribution in [0.2, 0.25) is 0 Å². The highest BCUT2D eigenvalue weighted by molar-refractivity contribution is 5.87. The molecule has 0 atom stereocenters. The van der Waals surface area contributed by atoms with Crippen LogP contribution in [0.1, 0.15) is 31.2 Å². The van der Waals surface area contributed by atoms with Crippen molar-refractivity contribution < 1.29 is 19.7 Å². The van der Waals surface area contributed by atoms with Crippen LogP contribution in [0.4, 0.5) is 5.69 Å². The Morgan fingerprint density at radius 1 is 1.12 bits per heavy atom. The molecule has 1 aromatic carbocycles. The normalized spacial score (nSPS) is 10.9. The maximum atomic E-state index is 11.6. The fourth-order valence-electron chi connectivity index (χ4n) is 1.93. The number of hydrogen-bond donors (Lipinski definition) is 3. The summed E-state index contributed by atoms with van der Waals surface area (Å²) >= 11 is 0. The zero-order chi connectivity index (χ0) is 18.5. The van der Waals surface area contributed by atoms with E-state index in [-0.39, 0.29) is 18.0 Å². The van der Waals surface area contributed by atoms with Crippen LogP contribution in [0, 0.1) is 10.1 Å². The Morgan fingerprint density at radius 3 is 2.48 bits per heavy atom. The summed E-state index contributed by atoms with van der Waals surface area (Å²) in [6.45, 7) is 0.510. The molecule has 0 bridgehead atoms. The van der Waals surface area contributed by atoms with Gasteiger partial charge in [0.05, 0.1) is 4.92 Å². The Kier molecular flexibility index (Phi) is 9.24. The molecule has 1 aromatic rings. The van der Waals surface area contributed by atoms with E-state index in [2.05, 4.69) is 5.32 Å². The number of non-ortho nitro benzene ring substituents is 1. The van der Waals surface area contributed by atoms with Gasteiger partial charge in [-0.05, 0) is 30.5 Å². The number of rotatable bonds is 10. The first-order valence-corrected chi connectivity index (χ1v) is 7.83. The molecule has 0 aliphatic heterocycles. The van der Waals surface area contributed by atoms with E-state index in [4.69, 9.17) is 5.21 Å². The molecule has 134 valence electrons. The number of hydroxylamine groups is 1. The van der Waals surface area contributed by atoms with Gasteiger partial charge in [-0.15, -0.1) is 0 Å². The lowest BCUT2D eigenvalue weighted by Crippen LogP contribution is -2.22. The fourth-order valence-corrected chi connectivity index (χ4v) is 1.93. The van der Waals surface area contributed by atoms with Crippen LogP contribution in [-0.2, 0) is 9.59 Å². The third-order valence-electron chi connectivity index (χ3n) is 3.26. The lowest BCUT2D eigenvalue weighted by molar-refractivity contribution is -0.384. The second kappa shape index (κ2) is 11.5. The molecule has 0 unspecified atom stereocenters. The summed E-state index contributed by atoms with van der Waals surface area (Å²) < 4.78 is 0. The highest BCUT2D eigenvalue weighted by Gasteiger charge is 2.02. The Morgan fingerprint density at radius 2 is 1.84 bits per heavy atom. The quantitative estimate of drug-likeness (QED) is 0.150. The maximum Gasteiger partial charge on any atom is 0.269 e. The standard InChI is InChI=1S/C17H21N3O5/c21-16(18-13-5-1-2-8-17(22)19-23)7-4-3-6-14-9-11-15(12-10-14)20(24)25/h3-4,6-7,9-12,23H,1-2,5,8,13H2,(H,18,21)(H,19,22)/b6-3+,7-4+. The molecule has 0 heterocycles. The summed E-state index contributed by atoms with van der Waals surface area (Å²) in [5, 5.41) is 21.6. The molecule has 0 aromatic heterocycles. The molecule has 1 rings (SSSR count). The lowest BCUT2D eigenvalue weighted by atomic mass is 10.2. The Balaban J connectivity index is 2.21. The monoisotopic (exact) mass is 347 g/mol. The van der Waals surface area contributed by atoms with Crippen molar-refractivity contribution in [2.45, 2.75) is 25.7 Å². The maximum absolute atomic E-state index is 11.6. The van der Waals surface area contributed by atoms with Crippen molar-refractivity contribution in [3.63, 3.8) is 0 Å². The number of carbonyl (C=O) groups is 2. The van der Waals surface area contributed by atoms with Crippen LogP contribution in [0.25, 0.3) is 6.08 Å². The minimum Gasteiger partial charge on any atom is -0.353 e. The van der Waals surface area contributed by atoms with Crippen molar-refractivity contribution >= 4 is 23.6 Å². The van der Waals surface area contributed by atoms with Gasteiger partial charge in [-0.3, -0.25) is 24.9 Å². The SMILES string of the molecule is O=C(/C=C/C=C/c1ccc([N+](=O)[O-])cc1)NCCCCCC(=O)NO. The first-order chi connectivity index (χ1) is 12.0. The Hall–Kier alpha value is -3.00. The van der Waals surface area contributed by atoms with Crippen molar-refractivity contribution in [2.75, 3.05) is 6.54 Å². The molecule has 3 N–H and O–H groups in total. The minimum absolute atomic E-state index is 0.0315. The number of amides is 2. The summed E-state index contributed by atoms with van der Waals surface area (Å²) in [5.41, 5.74) is 2.39. The van der Waals surface area contributed by atoms with Gasteiger partial charge in [-0.25, -0.2) is 5.48 Å². The molecular formula is C17H21N3O5. The zero-order valence-corrected chi connectivity index (χ0v) is 13.7. The number of nitro groups is 1. The van der Waals surface area contributed by atoms with Crippen molar-refractivity contribution in [1.29, 1.82) is 0 Å². The van der Waals surface area contributed by atoms with Crippen LogP contribution in [0.3, 0.4) is 0 Å². The van der Waals surface area contributed by atoms with Crippen LogP contribution >= 0.6 is 0 Å². The number of unbranched alkanes of at least 4 members (excludes halogenated alkanes) is 2. The molecular weight excluding hydrogens is 326 g/mol. The number of nitrogens with one attached hydrogen (secondary N) is 2. The molecule has 25 heavy (non-hydrogen) atoms. The first kappa shape index (κ1) is 20.0. The third kappa shape index (κ3) is 9.01. The van der Waals surface area contributed by atoms with E-state index in [1.54, 1.807) is 35.8 Å².